The molecule has 0 fully saturated rings. The number of halogens is 1. The van der Waals surface area contributed by atoms with Crippen molar-refractivity contribution >= 4 is 22.9 Å². The lowest BCUT2D eigenvalue weighted by atomic mass is 10.2. The van der Waals surface area contributed by atoms with Gasteiger partial charge in [0.25, 0.3) is 5.91 Å². The molecule has 0 aliphatic rings. The van der Waals surface area contributed by atoms with E-state index < -0.39 is 11.7 Å². The fourth-order valence-electron chi connectivity index (χ4n) is 1.59. The highest BCUT2D eigenvalue weighted by Crippen LogP contribution is 2.20. The third-order valence-corrected chi connectivity index (χ3v) is 3.46. The molecule has 4 nitrogen and oxygen atoms in total. The third-order valence-electron chi connectivity index (χ3n) is 2.54. The lowest BCUT2D eigenvalue weighted by Crippen LogP contribution is -2.12. The van der Waals surface area contributed by atoms with Crippen molar-refractivity contribution in [1.82, 2.24) is 0 Å². The second-order valence-corrected chi connectivity index (χ2v) is 4.85. The van der Waals surface area contributed by atoms with Gasteiger partial charge in [0.15, 0.2) is 0 Å². The van der Waals surface area contributed by atoms with Gasteiger partial charge < -0.3 is 11.1 Å². The van der Waals surface area contributed by atoms with E-state index in [1.54, 1.807) is 11.4 Å². The summed E-state index contributed by atoms with van der Waals surface area (Å²) in [5.74, 6) is 4.35. The van der Waals surface area contributed by atoms with Crippen molar-refractivity contribution in [3.05, 3.63) is 51.5 Å². The first-order valence-corrected chi connectivity index (χ1v) is 6.81. The molecule has 2 aromatic rings. The van der Waals surface area contributed by atoms with Gasteiger partial charge in [-0.2, -0.15) is 5.26 Å². The Bertz CT molecular complexity index is 780. The van der Waals surface area contributed by atoms with Gasteiger partial charge in [0.1, 0.15) is 10.7 Å². The fourth-order valence-corrected chi connectivity index (χ4v) is 2.34. The highest BCUT2D eigenvalue weighted by Gasteiger charge is 2.14. The molecule has 0 spiro atoms. The van der Waals surface area contributed by atoms with Crippen LogP contribution in [0.3, 0.4) is 0 Å². The van der Waals surface area contributed by atoms with Gasteiger partial charge in [0.05, 0.1) is 23.9 Å². The quantitative estimate of drug-likeness (QED) is 0.835. The molecule has 0 saturated heterocycles. The summed E-state index contributed by atoms with van der Waals surface area (Å²) in [6, 6.07) is 7.39. The Labute approximate surface area is 125 Å². The number of hydrogen-bond acceptors (Lipinski definition) is 4. The van der Waals surface area contributed by atoms with E-state index in [1.165, 1.54) is 23.5 Å². The summed E-state index contributed by atoms with van der Waals surface area (Å²) in [6.07, 6.45) is 0. The lowest BCUT2D eigenvalue weighted by Gasteiger charge is -2.05. The minimum atomic E-state index is -0.659. The maximum absolute atomic E-state index is 13.7. The monoisotopic (exact) mass is 299 g/mol. The molecule has 0 bridgehead atoms. The Morgan fingerprint density at radius 1 is 1.43 bits per heavy atom. The minimum Gasteiger partial charge on any atom is -0.320 e. The summed E-state index contributed by atoms with van der Waals surface area (Å²) in [5, 5.41) is 12.9. The number of amides is 1. The molecule has 1 amide bonds. The Morgan fingerprint density at radius 2 is 2.24 bits per heavy atom. The number of nitriles is 1. The van der Waals surface area contributed by atoms with Gasteiger partial charge in [-0.15, -0.1) is 11.3 Å². The van der Waals surface area contributed by atoms with Crippen LogP contribution in [0, 0.1) is 29.0 Å². The standard InChI is InChI=1S/C15H10FN3OS/c16-12-8-10(9-18)3-4-13(12)19-15(20)14-11(2-1-6-17)5-7-21-14/h3-5,7-8H,6,17H2,(H,19,20). The fraction of sp³-hybridized carbons (Fsp3) is 0.0667. The molecule has 0 atom stereocenters. The zero-order chi connectivity index (χ0) is 15.2. The molecule has 6 heteroatoms. The number of nitrogens with one attached hydrogen (secondary N) is 1. The smallest absolute Gasteiger partial charge is 0.267 e. The minimum absolute atomic E-state index is 0.0186. The van der Waals surface area contributed by atoms with E-state index in [1.807, 2.05) is 6.07 Å². The molecular formula is C15H10FN3OS. The maximum Gasteiger partial charge on any atom is 0.267 e. The van der Waals surface area contributed by atoms with Gasteiger partial charge >= 0.3 is 0 Å². The van der Waals surface area contributed by atoms with E-state index in [4.69, 9.17) is 11.0 Å². The summed E-state index contributed by atoms with van der Waals surface area (Å²) < 4.78 is 13.7. The maximum atomic E-state index is 13.7. The van der Waals surface area contributed by atoms with Gasteiger partial charge in [0.2, 0.25) is 0 Å². The highest BCUT2D eigenvalue weighted by molar-refractivity contribution is 7.12. The first kappa shape index (κ1) is 14.7. The van der Waals surface area contributed by atoms with Crippen molar-refractivity contribution in [3.63, 3.8) is 0 Å². The van der Waals surface area contributed by atoms with Crippen molar-refractivity contribution in [2.45, 2.75) is 0 Å². The Morgan fingerprint density at radius 3 is 2.90 bits per heavy atom. The molecule has 2 rings (SSSR count). The average Bonchev–Trinajstić information content (AvgIpc) is 2.95. The molecule has 1 aromatic carbocycles. The SMILES string of the molecule is N#Cc1ccc(NC(=O)c2sccc2C#CCN)c(F)c1. The van der Waals surface area contributed by atoms with E-state index in [-0.39, 0.29) is 17.8 Å². The first-order chi connectivity index (χ1) is 10.2. The lowest BCUT2D eigenvalue weighted by molar-refractivity contribution is 0.103. The molecule has 1 heterocycles. The molecule has 0 aliphatic carbocycles. The average molecular weight is 299 g/mol. The molecular weight excluding hydrogens is 289 g/mol. The van der Waals surface area contributed by atoms with E-state index in [2.05, 4.69) is 17.2 Å². The van der Waals surface area contributed by atoms with Crippen molar-refractivity contribution < 1.29 is 9.18 Å². The van der Waals surface area contributed by atoms with Gasteiger partial charge in [-0.1, -0.05) is 11.8 Å². The number of nitrogens with two attached hydrogens (primary N) is 1. The number of carbonyl (C=O) groups is 1. The first-order valence-electron chi connectivity index (χ1n) is 5.93. The van der Waals surface area contributed by atoms with Gasteiger partial charge in [-0.3, -0.25) is 4.79 Å². The number of benzene rings is 1. The normalized spacial score (nSPS) is 9.38. The predicted octanol–water partition coefficient (Wildman–Crippen LogP) is 2.32. The van der Waals surface area contributed by atoms with Gasteiger partial charge in [-0.25, -0.2) is 4.39 Å². The van der Waals surface area contributed by atoms with Crippen LogP contribution >= 0.6 is 11.3 Å². The summed E-state index contributed by atoms with van der Waals surface area (Å²) in [5.41, 5.74) is 6.06. The second-order valence-electron chi connectivity index (χ2n) is 3.93. The Hall–Kier alpha value is -2.67. The van der Waals surface area contributed by atoms with Crippen molar-refractivity contribution in [2.75, 3.05) is 11.9 Å². The topological polar surface area (TPSA) is 78.9 Å². The van der Waals surface area contributed by atoms with Crippen molar-refractivity contribution in [1.29, 1.82) is 5.26 Å². The molecule has 0 unspecified atom stereocenters. The Balaban J connectivity index is 2.23. The van der Waals surface area contributed by atoms with Crippen LogP contribution in [0.5, 0.6) is 0 Å². The van der Waals surface area contributed by atoms with Crippen LogP contribution in [-0.4, -0.2) is 12.5 Å². The molecule has 0 radical (unpaired) electrons. The molecule has 0 aliphatic heterocycles. The third kappa shape index (κ3) is 3.46. The van der Waals surface area contributed by atoms with E-state index in [9.17, 15) is 9.18 Å². The molecule has 21 heavy (non-hydrogen) atoms. The van der Waals surface area contributed by atoms with Crippen LogP contribution in [0.15, 0.2) is 29.6 Å². The zero-order valence-corrected chi connectivity index (χ0v) is 11.6. The van der Waals surface area contributed by atoms with Crippen LogP contribution in [0.4, 0.5) is 10.1 Å². The van der Waals surface area contributed by atoms with Crippen LogP contribution in [0.25, 0.3) is 0 Å². The summed E-state index contributed by atoms with van der Waals surface area (Å²) in [7, 11) is 0. The molecule has 0 saturated carbocycles. The van der Waals surface area contributed by atoms with E-state index in [0.29, 0.717) is 10.4 Å². The van der Waals surface area contributed by atoms with Gasteiger partial charge in [0, 0.05) is 5.56 Å². The molecule has 104 valence electrons. The van der Waals surface area contributed by atoms with E-state index >= 15 is 0 Å². The van der Waals surface area contributed by atoms with Crippen LogP contribution in [-0.2, 0) is 0 Å². The van der Waals surface area contributed by atoms with Crippen molar-refractivity contribution in [2.24, 2.45) is 5.73 Å². The van der Waals surface area contributed by atoms with E-state index in [0.717, 1.165) is 6.07 Å². The summed E-state index contributed by atoms with van der Waals surface area (Å²) in [6.45, 7) is 0.196. The van der Waals surface area contributed by atoms with Crippen LogP contribution in [0.2, 0.25) is 0 Å². The number of carbonyl (C=O) groups excluding carboxylic acids is 1. The zero-order valence-electron chi connectivity index (χ0n) is 10.8. The highest BCUT2D eigenvalue weighted by atomic mass is 32.1. The summed E-state index contributed by atoms with van der Waals surface area (Å²) >= 11 is 1.21. The van der Waals surface area contributed by atoms with Crippen LogP contribution in [0.1, 0.15) is 20.8 Å². The number of hydrogen-bond donors (Lipinski definition) is 2. The summed E-state index contributed by atoms with van der Waals surface area (Å²) in [4.78, 5) is 12.5. The van der Waals surface area contributed by atoms with Gasteiger partial charge in [-0.05, 0) is 29.6 Å². The molecule has 3 N–H and O–H groups in total. The molecule has 1 aromatic heterocycles. The number of nitrogens with zero attached hydrogens (tertiary/aromatic N) is 1. The second kappa shape index (κ2) is 6.67. The Kier molecular flexibility index (Phi) is 4.68. The number of anilines is 1. The van der Waals surface area contributed by atoms with Crippen molar-refractivity contribution in [3.8, 4) is 17.9 Å². The predicted molar refractivity (Wildman–Crippen MR) is 79.3 cm³/mol. The number of thiophene rings is 1. The number of rotatable bonds is 2. The van der Waals surface area contributed by atoms with Crippen LogP contribution < -0.4 is 11.1 Å². The largest absolute Gasteiger partial charge is 0.320 e.